The van der Waals surface area contributed by atoms with E-state index in [-0.39, 0.29) is 4.90 Å². The highest BCUT2D eigenvalue weighted by Crippen LogP contribution is 2.26. The van der Waals surface area contributed by atoms with Crippen LogP contribution in [0.15, 0.2) is 78.0 Å². The highest BCUT2D eigenvalue weighted by Gasteiger charge is 2.16. The number of nitrogens with one attached hydrogen (secondary N) is 1. The zero-order valence-corrected chi connectivity index (χ0v) is 16.8. The predicted octanol–water partition coefficient (Wildman–Crippen LogP) is 2.98. The van der Waals surface area contributed by atoms with Crippen molar-refractivity contribution in [3.8, 4) is 11.1 Å². The van der Waals surface area contributed by atoms with E-state index in [0.717, 1.165) is 26.9 Å². The lowest BCUT2D eigenvalue weighted by Gasteiger charge is -2.14. The van der Waals surface area contributed by atoms with E-state index in [1.165, 1.54) is 23.9 Å². The summed E-state index contributed by atoms with van der Waals surface area (Å²) in [6, 6.07) is 16.2. The normalized spacial score (nSPS) is 11.6. The Morgan fingerprint density at radius 2 is 1.79 bits per heavy atom. The number of rotatable bonds is 6. The van der Waals surface area contributed by atoms with Crippen LogP contribution < -0.4 is 10.4 Å². The van der Waals surface area contributed by atoms with Gasteiger partial charge in [-0.15, -0.1) is 0 Å². The molecule has 8 heteroatoms. The summed E-state index contributed by atoms with van der Waals surface area (Å²) in [6.45, 7) is 0. The van der Waals surface area contributed by atoms with Gasteiger partial charge in [0, 0.05) is 38.3 Å². The fraction of sp³-hybridized carbons (Fsp3) is 0.0952. The van der Waals surface area contributed by atoms with Crippen molar-refractivity contribution < 1.29 is 18.4 Å². The Labute approximate surface area is 169 Å². The summed E-state index contributed by atoms with van der Waals surface area (Å²) in [5.41, 5.74) is 4.95. The molecule has 0 bridgehead atoms. The molecule has 0 saturated heterocycles. The summed E-state index contributed by atoms with van der Waals surface area (Å²) in [7, 11) is 0.169. The van der Waals surface area contributed by atoms with Crippen molar-refractivity contribution in [2.24, 2.45) is 0 Å². The third-order valence-electron chi connectivity index (χ3n) is 4.35. The third-order valence-corrected chi connectivity index (χ3v) is 6.00. The van der Waals surface area contributed by atoms with Crippen LogP contribution in [-0.2, 0) is 14.8 Å². The molecule has 0 fully saturated rings. The summed E-state index contributed by atoms with van der Waals surface area (Å²) in [5, 5.41) is 8.49. The quantitative estimate of drug-likeness (QED) is 0.370. The molecule has 1 heterocycles. The van der Waals surface area contributed by atoms with Gasteiger partial charge in [0.1, 0.15) is 0 Å². The van der Waals surface area contributed by atoms with Crippen molar-refractivity contribution in [1.29, 1.82) is 0 Å². The number of hydrogen-bond acceptors (Lipinski definition) is 5. The minimum absolute atomic E-state index is 0.157. The third kappa shape index (κ3) is 4.56. The van der Waals surface area contributed by atoms with Crippen LogP contribution in [0, 0.1) is 0 Å². The summed E-state index contributed by atoms with van der Waals surface area (Å²) in [4.78, 5) is 13.2. The van der Waals surface area contributed by atoms with Gasteiger partial charge in [0.2, 0.25) is 0 Å². The van der Waals surface area contributed by atoms with Gasteiger partial charge in [-0.3, -0.25) is 10.0 Å². The molecule has 0 aliphatic rings. The predicted molar refractivity (Wildman–Crippen MR) is 112 cm³/mol. The molecule has 1 aromatic heterocycles. The monoisotopic (exact) mass is 411 g/mol. The van der Waals surface area contributed by atoms with Gasteiger partial charge in [-0.2, -0.15) is 0 Å². The topological polar surface area (TPSA) is 91.6 Å². The Kier molecular flexibility index (Phi) is 5.86. The van der Waals surface area contributed by atoms with Gasteiger partial charge in [-0.25, -0.2) is 17.9 Å². The van der Waals surface area contributed by atoms with E-state index >= 15 is 0 Å². The molecule has 2 aromatic carbocycles. The van der Waals surface area contributed by atoms with Crippen LogP contribution in [0.5, 0.6) is 0 Å². The number of hydroxylamine groups is 1. The zero-order valence-electron chi connectivity index (χ0n) is 16.0. The smallest absolute Gasteiger partial charge is 0.267 e. The first-order valence-electron chi connectivity index (χ1n) is 8.75. The Balaban J connectivity index is 1.85. The van der Waals surface area contributed by atoms with E-state index in [9.17, 15) is 13.2 Å². The fourth-order valence-electron chi connectivity index (χ4n) is 2.75. The summed E-state index contributed by atoms with van der Waals surface area (Å²) >= 11 is 0. The highest BCUT2D eigenvalue weighted by atomic mass is 32.2. The van der Waals surface area contributed by atoms with E-state index in [2.05, 4.69) is 0 Å². The van der Waals surface area contributed by atoms with Gasteiger partial charge < -0.3 is 4.90 Å². The SMILES string of the molecule is CN(C)c1cccc(-c2ccc(S(=O)(=O)n3ccc(/C=C/C(=O)NO)c3)cc2)c1. The molecule has 0 aliphatic carbocycles. The molecule has 0 aliphatic heterocycles. The molecule has 1 amide bonds. The highest BCUT2D eigenvalue weighted by molar-refractivity contribution is 7.90. The van der Waals surface area contributed by atoms with E-state index in [1.54, 1.807) is 30.3 Å². The zero-order chi connectivity index (χ0) is 21.0. The molecule has 0 radical (unpaired) electrons. The Morgan fingerprint density at radius 1 is 1.07 bits per heavy atom. The Morgan fingerprint density at radius 3 is 2.45 bits per heavy atom. The second kappa shape index (κ2) is 8.34. The first kappa shape index (κ1) is 20.4. The number of nitrogens with zero attached hydrogens (tertiary/aromatic N) is 2. The number of carbonyl (C=O) groups is 1. The van der Waals surface area contributed by atoms with Crippen molar-refractivity contribution in [2.75, 3.05) is 19.0 Å². The molecular weight excluding hydrogens is 390 g/mol. The minimum Gasteiger partial charge on any atom is -0.378 e. The molecule has 3 aromatic rings. The van der Waals surface area contributed by atoms with Crippen LogP contribution in [0.1, 0.15) is 5.56 Å². The van der Waals surface area contributed by atoms with E-state index in [1.807, 2.05) is 43.3 Å². The van der Waals surface area contributed by atoms with Gasteiger partial charge >= 0.3 is 0 Å². The Hall–Kier alpha value is -3.36. The first-order chi connectivity index (χ1) is 13.8. The molecule has 0 atom stereocenters. The van der Waals surface area contributed by atoms with Crippen molar-refractivity contribution in [3.63, 3.8) is 0 Å². The maximum absolute atomic E-state index is 12.8. The molecule has 150 valence electrons. The summed E-state index contributed by atoms with van der Waals surface area (Å²) in [5.74, 6) is -0.700. The van der Waals surface area contributed by atoms with Gasteiger partial charge in [0.05, 0.1) is 4.90 Å². The minimum atomic E-state index is -3.76. The van der Waals surface area contributed by atoms with Crippen molar-refractivity contribution in [1.82, 2.24) is 9.45 Å². The summed E-state index contributed by atoms with van der Waals surface area (Å²) < 4.78 is 26.8. The molecular formula is C21H21N3O4S. The van der Waals surface area contributed by atoms with Crippen LogP contribution in [0.3, 0.4) is 0 Å². The molecule has 0 unspecified atom stereocenters. The van der Waals surface area contributed by atoms with Crippen LogP contribution in [0.25, 0.3) is 17.2 Å². The van der Waals surface area contributed by atoms with Crippen molar-refractivity contribution in [2.45, 2.75) is 4.90 Å². The molecule has 29 heavy (non-hydrogen) atoms. The van der Waals surface area contributed by atoms with Crippen LogP contribution in [0.4, 0.5) is 5.69 Å². The van der Waals surface area contributed by atoms with E-state index in [4.69, 9.17) is 5.21 Å². The molecule has 0 spiro atoms. The van der Waals surface area contributed by atoms with E-state index in [0.29, 0.717) is 5.56 Å². The maximum atomic E-state index is 12.8. The average molecular weight is 411 g/mol. The van der Waals surface area contributed by atoms with Crippen LogP contribution >= 0.6 is 0 Å². The second-order valence-electron chi connectivity index (χ2n) is 6.56. The lowest BCUT2D eigenvalue weighted by atomic mass is 10.1. The summed E-state index contributed by atoms with van der Waals surface area (Å²) in [6.07, 6.45) is 5.30. The van der Waals surface area contributed by atoms with Gasteiger partial charge in [0.25, 0.3) is 15.9 Å². The number of benzene rings is 2. The van der Waals surface area contributed by atoms with Crippen LogP contribution in [0.2, 0.25) is 0 Å². The average Bonchev–Trinajstić information content (AvgIpc) is 3.22. The number of anilines is 1. The number of aromatic nitrogens is 1. The van der Waals surface area contributed by atoms with Crippen LogP contribution in [-0.4, -0.2) is 37.6 Å². The van der Waals surface area contributed by atoms with Crippen molar-refractivity contribution >= 4 is 27.7 Å². The molecule has 2 N–H and O–H groups in total. The maximum Gasteiger partial charge on any atom is 0.267 e. The largest absolute Gasteiger partial charge is 0.378 e. The standard InChI is InChI=1S/C21H21N3O4S/c1-23(2)19-5-3-4-18(14-19)17-7-9-20(10-8-17)29(27,28)24-13-12-16(15-24)6-11-21(25)22-26/h3-15,26H,1-2H3,(H,22,25)/b11-6+. The van der Waals surface area contributed by atoms with Gasteiger partial charge in [-0.05, 0) is 53.1 Å². The fourth-order valence-corrected chi connectivity index (χ4v) is 3.96. The Bertz CT molecular complexity index is 1150. The van der Waals surface area contributed by atoms with Gasteiger partial charge in [-0.1, -0.05) is 24.3 Å². The number of amides is 1. The molecule has 7 nitrogen and oxygen atoms in total. The lowest BCUT2D eigenvalue weighted by molar-refractivity contribution is -0.124. The second-order valence-corrected chi connectivity index (χ2v) is 8.40. The number of carbonyl (C=O) groups excluding carboxylic acids is 1. The lowest BCUT2D eigenvalue weighted by Crippen LogP contribution is -2.14. The van der Waals surface area contributed by atoms with E-state index < -0.39 is 15.9 Å². The molecule has 0 saturated carbocycles. The van der Waals surface area contributed by atoms with Crippen molar-refractivity contribution in [3.05, 3.63) is 78.6 Å². The molecule has 3 rings (SSSR count). The first-order valence-corrected chi connectivity index (χ1v) is 10.2. The van der Waals surface area contributed by atoms with Gasteiger partial charge in [0.15, 0.2) is 0 Å². The number of hydrogen-bond donors (Lipinski definition) is 2.